The molecular weight excluding hydrogens is 272 g/mol. The molecule has 0 aliphatic carbocycles. The third kappa shape index (κ3) is 2.75. The molecule has 1 saturated heterocycles. The van der Waals surface area contributed by atoms with Crippen molar-refractivity contribution in [2.75, 3.05) is 0 Å². The topological polar surface area (TPSA) is 6.48 Å². The van der Waals surface area contributed by atoms with E-state index in [0.717, 1.165) is 0 Å². The van der Waals surface area contributed by atoms with Crippen LogP contribution in [0, 0.1) is 0 Å². The molecule has 1 aromatic carbocycles. The summed E-state index contributed by atoms with van der Waals surface area (Å²) in [5.41, 5.74) is 1.53. The molecule has 0 unspecified atom stereocenters. The van der Waals surface area contributed by atoms with Crippen LogP contribution >= 0.6 is 11.1 Å². The van der Waals surface area contributed by atoms with Crippen LogP contribution in [0.4, 0.5) is 0 Å². The standard InChI is InChI=1S/C15H24ClN2Si/c1-14(2,3)17-13(12-10-8-7-9-11-12)18(19(17)16)15(4,5)6/h7-11,13H,1-6H3/q-1. The van der Waals surface area contributed by atoms with Crippen molar-refractivity contribution in [1.29, 1.82) is 0 Å². The van der Waals surface area contributed by atoms with E-state index < -0.39 is 8.43 Å². The Balaban J connectivity index is 2.39. The van der Waals surface area contributed by atoms with E-state index in [0.29, 0.717) is 6.17 Å². The summed E-state index contributed by atoms with van der Waals surface area (Å²) in [5.74, 6) is 0. The van der Waals surface area contributed by atoms with Gasteiger partial charge in [0.05, 0.1) is 0 Å². The molecular formula is C15H24ClN2Si-. The molecule has 2 nitrogen and oxygen atoms in total. The quantitative estimate of drug-likeness (QED) is 0.568. The van der Waals surface area contributed by atoms with Crippen molar-refractivity contribution in [1.82, 2.24) is 9.13 Å². The van der Waals surface area contributed by atoms with Gasteiger partial charge in [0.15, 0.2) is 0 Å². The summed E-state index contributed by atoms with van der Waals surface area (Å²) < 4.78 is 4.94. The van der Waals surface area contributed by atoms with Gasteiger partial charge in [-0.3, -0.25) is 0 Å². The molecule has 106 valence electrons. The van der Waals surface area contributed by atoms with Crippen LogP contribution in [0.1, 0.15) is 53.3 Å². The van der Waals surface area contributed by atoms with E-state index in [1.165, 1.54) is 5.56 Å². The zero-order chi connectivity index (χ0) is 14.4. The highest BCUT2D eigenvalue weighted by molar-refractivity contribution is 7.04. The summed E-state index contributed by atoms with van der Waals surface area (Å²) in [5, 5.41) is 0. The Kier molecular flexibility index (Phi) is 3.87. The van der Waals surface area contributed by atoms with E-state index >= 15 is 0 Å². The van der Waals surface area contributed by atoms with E-state index in [-0.39, 0.29) is 11.1 Å². The molecule has 0 spiro atoms. The van der Waals surface area contributed by atoms with Crippen LogP contribution in [0.25, 0.3) is 0 Å². The molecule has 2 rings (SSSR count). The summed E-state index contributed by atoms with van der Waals surface area (Å²) in [6.45, 7) is 13.5. The maximum Gasteiger partial charge on any atom is 0.0258 e. The lowest BCUT2D eigenvalue weighted by molar-refractivity contribution is -0.0256. The first-order valence-electron chi connectivity index (χ1n) is 6.80. The second kappa shape index (κ2) is 4.88. The van der Waals surface area contributed by atoms with E-state index in [1.807, 2.05) is 0 Å². The molecule has 0 aromatic heterocycles. The lowest BCUT2D eigenvalue weighted by atomic mass is 10.0. The summed E-state index contributed by atoms with van der Waals surface area (Å²) in [4.78, 5) is 0. The maximum atomic E-state index is 6.75. The van der Waals surface area contributed by atoms with Gasteiger partial charge in [0.25, 0.3) is 0 Å². The molecule has 0 amide bonds. The summed E-state index contributed by atoms with van der Waals surface area (Å²) in [6.07, 6.45) is 0.299. The van der Waals surface area contributed by atoms with Gasteiger partial charge >= 0.3 is 0 Å². The molecule has 1 aliphatic rings. The third-order valence-corrected chi connectivity index (χ3v) is 7.15. The zero-order valence-electron chi connectivity index (χ0n) is 12.7. The highest BCUT2D eigenvalue weighted by atomic mass is 35.6. The van der Waals surface area contributed by atoms with Crippen molar-refractivity contribution in [3.8, 4) is 0 Å². The first-order valence-corrected chi connectivity index (χ1v) is 9.21. The van der Waals surface area contributed by atoms with Gasteiger partial charge in [0.1, 0.15) is 0 Å². The van der Waals surface area contributed by atoms with Crippen LogP contribution in [-0.2, 0) is 0 Å². The van der Waals surface area contributed by atoms with E-state index in [1.54, 1.807) is 0 Å². The van der Waals surface area contributed by atoms with Crippen molar-refractivity contribution in [3.63, 3.8) is 0 Å². The van der Waals surface area contributed by atoms with Crippen LogP contribution in [0.2, 0.25) is 0 Å². The highest BCUT2D eigenvalue weighted by Crippen LogP contribution is 2.47. The molecule has 0 bridgehead atoms. The van der Waals surface area contributed by atoms with Crippen molar-refractivity contribution in [2.45, 2.75) is 58.8 Å². The first-order chi connectivity index (χ1) is 8.64. The van der Waals surface area contributed by atoms with Gasteiger partial charge in [-0.05, 0) is 16.6 Å². The summed E-state index contributed by atoms with van der Waals surface area (Å²) in [7, 11) is -1.14. The first kappa shape index (κ1) is 15.0. The predicted molar refractivity (Wildman–Crippen MR) is 84.0 cm³/mol. The highest BCUT2D eigenvalue weighted by Gasteiger charge is 2.44. The molecule has 19 heavy (non-hydrogen) atoms. The molecule has 1 heterocycles. The fourth-order valence-corrected chi connectivity index (χ4v) is 6.77. The fraction of sp³-hybridized carbons (Fsp3) is 0.600. The van der Waals surface area contributed by atoms with Crippen LogP contribution in [0.3, 0.4) is 0 Å². The number of benzene rings is 1. The Morgan fingerprint density at radius 3 is 1.68 bits per heavy atom. The Labute approximate surface area is 123 Å². The maximum absolute atomic E-state index is 6.75. The Morgan fingerprint density at radius 1 is 0.895 bits per heavy atom. The van der Waals surface area contributed by atoms with E-state index in [2.05, 4.69) is 81.0 Å². The fourth-order valence-electron chi connectivity index (χ4n) is 2.59. The van der Waals surface area contributed by atoms with Crippen molar-refractivity contribution >= 4 is 19.5 Å². The van der Waals surface area contributed by atoms with Crippen molar-refractivity contribution in [3.05, 3.63) is 35.9 Å². The molecule has 0 saturated carbocycles. The van der Waals surface area contributed by atoms with Crippen molar-refractivity contribution in [2.24, 2.45) is 0 Å². The predicted octanol–water partition coefficient (Wildman–Crippen LogP) is 4.12. The van der Waals surface area contributed by atoms with Gasteiger partial charge in [-0.2, -0.15) is 0 Å². The zero-order valence-corrected chi connectivity index (χ0v) is 14.5. The van der Waals surface area contributed by atoms with Gasteiger partial charge in [0.2, 0.25) is 0 Å². The molecule has 0 atom stereocenters. The number of nitrogens with zero attached hydrogens (tertiary/aromatic N) is 2. The average Bonchev–Trinajstić information content (AvgIpc) is 2.22. The van der Waals surface area contributed by atoms with Gasteiger partial charge in [-0.15, -0.1) is 0 Å². The number of halogens is 1. The largest absolute Gasteiger partial charge is 0.426 e. The van der Waals surface area contributed by atoms with Gasteiger partial charge in [-0.25, -0.2) is 0 Å². The monoisotopic (exact) mass is 295 g/mol. The minimum atomic E-state index is -1.14. The second-order valence-corrected chi connectivity index (χ2v) is 9.65. The minimum absolute atomic E-state index is 0.0955. The minimum Gasteiger partial charge on any atom is -0.426 e. The average molecular weight is 296 g/mol. The third-order valence-electron chi connectivity index (χ3n) is 3.43. The lowest BCUT2D eigenvalue weighted by Gasteiger charge is -2.75. The second-order valence-electron chi connectivity index (χ2n) is 7.14. The van der Waals surface area contributed by atoms with Crippen LogP contribution in [0.5, 0.6) is 0 Å². The van der Waals surface area contributed by atoms with Crippen LogP contribution < -0.4 is 0 Å². The molecule has 0 radical (unpaired) electrons. The van der Waals surface area contributed by atoms with E-state index in [9.17, 15) is 0 Å². The summed E-state index contributed by atoms with van der Waals surface area (Å²) >= 11 is 6.75. The number of rotatable bonds is 1. The van der Waals surface area contributed by atoms with Crippen molar-refractivity contribution < 1.29 is 0 Å². The molecule has 1 aromatic rings. The molecule has 4 heteroatoms. The smallest absolute Gasteiger partial charge is 0.0258 e. The summed E-state index contributed by atoms with van der Waals surface area (Å²) in [6, 6.07) is 10.7. The van der Waals surface area contributed by atoms with Crippen LogP contribution in [0.15, 0.2) is 30.3 Å². The molecule has 1 aliphatic heterocycles. The van der Waals surface area contributed by atoms with Gasteiger partial charge in [0, 0.05) is 14.6 Å². The normalized spacial score (nSPS) is 20.6. The van der Waals surface area contributed by atoms with Gasteiger partial charge < -0.3 is 20.2 Å². The Hall–Kier alpha value is -0.353. The van der Waals surface area contributed by atoms with Gasteiger partial charge in [-0.1, -0.05) is 71.9 Å². The van der Waals surface area contributed by atoms with E-state index in [4.69, 9.17) is 11.1 Å². The molecule has 0 N–H and O–H groups in total. The SMILES string of the molecule is CC(C)(C)N1C(c2ccccc2)N(C(C)(C)C)[Si-]1Cl. The Morgan fingerprint density at radius 2 is 1.32 bits per heavy atom. The number of hydrogen-bond acceptors (Lipinski definition) is 2. The van der Waals surface area contributed by atoms with Crippen LogP contribution in [-0.4, -0.2) is 28.6 Å². The number of hydrogen-bond donors (Lipinski definition) is 0. The lowest BCUT2D eigenvalue weighted by Crippen LogP contribution is -2.75. The molecule has 1 fully saturated rings. The Bertz CT molecular complexity index is 414.